The number of halogens is 1. The van der Waals surface area contributed by atoms with Crippen LogP contribution < -0.4 is 4.74 Å². The molecule has 0 saturated heterocycles. The van der Waals surface area contributed by atoms with Gasteiger partial charge in [0.15, 0.2) is 0 Å². The monoisotopic (exact) mass is 374 g/mol. The van der Waals surface area contributed by atoms with Gasteiger partial charge in [-0.05, 0) is 24.8 Å². The van der Waals surface area contributed by atoms with Gasteiger partial charge in [0.1, 0.15) is 5.75 Å². The SMILES string of the molecule is COc1ccccc1C(CI)OCC1CCCCC1. The van der Waals surface area contributed by atoms with E-state index in [1.807, 2.05) is 12.1 Å². The highest BCUT2D eigenvalue weighted by molar-refractivity contribution is 14.1. The molecule has 0 aromatic heterocycles. The minimum Gasteiger partial charge on any atom is -0.496 e. The molecule has 0 spiro atoms. The third-order valence-corrected chi connectivity index (χ3v) is 4.68. The number of para-hydroxylation sites is 1. The van der Waals surface area contributed by atoms with Gasteiger partial charge in [-0.2, -0.15) is 0 Å². The summed E-state index contributed by atoms with van der Waals surface area (Å²) in [5, 5.41) is 0. The predicted molar refractivity (Wildman–Crippen MR) is 87.1 cm³/mol. The number of ether oxygens (including phenoxy) is 2. The lowest BCUT2D eigenvalue weighted by Gasteiger charge is -2.25. The van der Waals surface area contributed by atoms with Gasteiger partial charge in [-0.15, -0.1) is 0 Å². The fraction of sp³-hybridized carbons (Fsp3) is 0.625. The maximum atomic E-state index is 6.17. The van der Waals surface area contributed by atoms with Crippen molar-refractivity contribution in [2.75, 3.05) is 18.1 Å². The van der Waals surface area contributed by atoms with E-state index in [2.05, 4.69) is 34.7 Å². The summed E-state index contributed by atoms with van der Waals surface area (Å²) < 4.78 is 12.6. The van der Waals surface area contributed by atoms with Crippen LogP contribution in [0.1, 0.15) is 43.8 Å². The van der Waals surface area contributed by atoms with Crippen molar-refractivity contribution in [1.29, 1.82) is 0 Å². The molecule has 19 heavy (non-hydrogen) atoms. The summed E-state index contributed by atoms with van der Waals surface area (Å²) in [6.07, 6.45) is 6.96. The van der Waals surface area contributed by atoms with E-state index in [-0.39, 0.29) is 6.10 Å². The molecule has 1 saturated carbocycles. The van der Waals surface area contributed by atoms with Gasteiger partial charge in [-0.1, -0.05) is 60.1 Å². The van der Waals surface area contributed by atoms with Crippen molar-refractivity contribution in [1.82, 2.24) is 0 Å². The molecule has 0 heterocycles. The zero-order valence-corrected chi connectivity index (χ0v) is 13.8. The maximum Gasteiger partial charge on any atom is 0.124 e. The van der Waals surface area contributed by atoms with E-state index in [0.717, 1.165) is 22.7 Å². The van der Waals surface area contributed by atoms with Gasteiger partial charge in [0.05, 0.1) is 19.8 Å². The summed E-state index contributed by atoms with van der Waals surface area (Å²) >= 11 is 2.40. The van der Waals surface area contributed by atoms with Crippen LogP contribution in [-0.4, -0.2) is 18.1 Å². The van der Waals surface area contributed by atoms with Crippen molar-refractivity contribution in [3.63, 3.8) is 0 Å². The third-order valence-electron chi connectivity index (χ3n) is 3.88. The minimum absolute atomic E-state index is 0.152. The van der Waals surface area contributed by atoms with E-state index >= 15 is 0 Å². The molecule has 0 bridgehead atoms. The Morgan fingerprint density at radius 3 is 2.63 bits per heavy atom. The molecule has 2 nitrogen and oxygen atoms in total. The van der Waals surface area contributed by atoms with Gasteiger partial charge in [-0.3, -0.25) is 0 Å². The van der Waals surface area contributed by atoms with Crippen LogP contribution in [0.25, 0.3) is 0 Å². The Bertz CT molecular complexity index is 375. The van der Waals surface area contributed by atoms with E-state index in [1.54, 1.807) is 7.11 Å². The first-order chi connectivity index (χ1) is 9.35. The molecular weight excluding hydrogens is 351 g/mol. The lowest BCUT2D eigenvalue weighted by atomic mass is 9.90. The third kappa shape index (κ3) is 4.35. The summed E-state index contributed by atoms with van der Waals surface area (Å²) in [5.74, 6) is 1.70. The topological polar surface area (TPSA) is 18.5 Å². The molecular formula is C16H23IO2. The molecule has 1 aliphatic rings. The number of methoxy groups -OCH3 is 1. The van der Waals surface area contributed by atoms with Gasteiger partial charge in [0.25, 0.3) is 0 Å². The molecule has 0 aliphatic heterocycles. The second-order valence-corrected chi connectivity index (χ2v) is 6.10. The fourth-order valence-electron chi connectivity index (χ4n) is 2.76. The lowest BCUT2D eigenvalue weighted by molar-refractivity contribution is 0.0333. The van der Waals surface area contributed by atoms with E-state index < -0.39 is 0 Å². The van der Waals surface area contributed by atoms with Crippen molar-refractivity contribution in [2.24, 2.45) is 5.92 Å². The van der Waals surface area contributed by atoms with E-state index in [1.165, 1.54) is 37.7 Å². The quantitative estimate of drug-likeness (QED) is 0.528. The Hall–Kier alpha value is -0.290. The smallest absolute Gasteiger partial charge is 0.124 e. The standard InChI is InChI=1S/C16H23IO2/c1-18-15-10-6-5-9-14(15)16(11-17)19-12-13-7-3-2-4-8-13/h5-6,9-10,13,16H,2-4,7-8,11-12H2,1H3. The van der Waals surface area contributed by atoms with Gasteiger partial charge in [0, 0.05) is 9.99 Å². The van der Waals surface area contributed by atoms with E-state index in [0.29, 0.717) is 0 Å². The molecule has 1 unspecified atom stereocenters. The zero-order chi connectivity index (χ0) is 13.5. The predicted octanol–water partition coefficient (Wildman–Crippen LogP) is 4.77. The van der Waals surface area contributed by atoms with Crippen LogP contribution in [0.15, 0.2) is 24.3 Å². The van der Waals surface area contributed by atoms with Gasteiger partial charge >= 0.3 is 0 Å². The molecule has 3 heteroatoms. The highest BCUT2D eigenvalue weighted by Crippen LogP contribution is 2.31. The average Bonchev–Trinajstić information content (AvgIpc) is 2.49. The normalized spacial score (nSPS) is 18.2. The molecule has 0 radical (unpaired) electrons. The maximum absolute atomic E-state index is 6.17. The summed E-state index contributed by atoms with van der Waals surface area (Å²) in [4.78, 5) is 0. The van der Waals surface area contributed by atoms with Crippen molar-refractivity contribution >= 4 is 22.6 Å². The van der Waals surface area contributed by atoms with Crippen LogP contribution in [0, 0.1) is 5.92 Å². The van der Waals surface area contributed by atoms with Crippen LogP contribution in [-0.2, 0) is 4.74 Å². The molecule has 1 fully saturated rings. The van der Waals surface area contributed by atoms with Gasteiger partial charge in [-0.25, -0.2) is 0 Å². The van der Waals surface area contributed by atoms with Crippen LogP contribution in [0.5, 0.6) is 5.75 Å². The fourth-order valence-corrected chi connectivity index (χ4v) is 3.48. The van der Waals surface area contributed by atoms with Crippen molar-refractivity contribution < 1.29 is 9.47 Å². The van der Waals surface area contributed by atoms with E-state index in [9.17, 15) is 0 Å². The molecule has 0 N–H and O–H groups in total. The summed E-state index contributed by atoms with van der Waals surface area (Å²) in [6, 6.07) is 8.19. The molecule has 2 rings (SSSR count). The molecule has 0 amide bonds. The van der Waals surface area contributed by atoms with Crippen molar-refractivity contribution in [3.05, 3.63) is 29.8 Å². The average molecular weight is 374 g/mol. The number of hydrogen-bond donors (Lipinski definition) is 0. The van der Waals surface area contributed by atoms with Crippen molar-refractivity contribution in [2.45, 2.75) is 38.2 Å². The van der Waals surface area contributed by atoms with Crippen LogP contribution in [0.4, 0.5) is 0 Å². The minimum atomic E-state index is 0.152. The Kier molecular flexibility index (Phi) is 6.44. The summed E-state index contributed by atoms with van der Waals surface area (Å²) in [7, 11) is 1.73. The first-order valence-corrected chi connectivity index (χ1v) is 8.68. The Morgan fingerprint density at radius 1 is 1.21 bits per heavy atom. The highest BCUT2D eigenvalue weighted by Gasteiger charge is 2.19. The molecule has 1 aliphatic carbocycles. The second-order valence-electron chi connectivity index (χ2n) is 5.22. The molecule has 1 atom stereocenters. The number of hydrogen-bond acceptors (Lipinski definition) is 2. The molecule has 106 valence electrons. The Balaban J connectivity index is 1.95. The zero-order valence-electron chi connectivity index (χ0n) is 11.6. The Morgan fingerprint density at radius 2 is 1.95 bits per heavy atom. The van der Waals surface area contributed by atoms with E-state index in [4.69, 9.17) is 9.47 Å². The number of benzene rings is 1. The second kappa shape index (κ2) is 8.10. The lowest BCUT2D eigenvalue weighted by Crippen LogP contribution is -2.17. The largest absolute Gasteiger partial charge is 0.496 e. The van der Waals surface area contributed by atoms with Crippen LogP contribution in [0.2, 0.25) is 0 Å². The highest BCUT2D eigenvalue weighted by atomic mass is 127. The Labute approximate surface area is 130 Å². The van der Waals surface area contributed by atoms with Crippen LogP contribution >= 0.6 is 22.6 Å². The summed E-state index contributed by atoms with van der Waals surface area (Å²) in [6.45, 7) is 0.895. The molecule has 1 aromatic rings. The first-order valence-electron chi connectivity index (χ1n) is 7.15. The summed E-state index contributed by atoms with van der Waals surface area (Å²) in [5.41, 5.74) is 1.18. The van der Waals surface area contributed by atoms with Gasteiger partial charge < -0.3 is 9.47 Å². The number of alkyl halides is 1. The van der Waals surface area contributed by atoms with Gasteiger partial charge in [0.2, 0.25) is 0 Å². The molecule has 1 aromatic carbocycles. The number of rotatable bonds is 6. The van der Waals surface area contributed by atoms with Crippen molar-refractivity contribution in [3.8, 4) is 5.75 Å². The van der Waals surface area contributed by atoms with Crippen LogP contribution in [0.3, 0.4) is 0 Å². The first kappa shape index (κ1) is 15.1.